The minimum absolute atomic E-state index is 0.00126. The third-order valence-corrected chi connectivity index (χ3v) is 4.73. The molecule has 2 aromatic heterocycles. The Labute approximate surface area is 122 Å². The molecule has 1 saturated heterocycles. The van der Waals surface area contributed by atoms with Gasteiger partial charge in [-0.05, 0) is 38.1 Å². The van der Waals surface area contributed by atoms with Gasteiger partial charge in [-0.3, -0.25) is 18.7 Å². The van der Waals surface area contributed by atoms with Crippen molar-refractivity contribution in [2.75, 3.05) is 19.6 Å². The first-order valence-corrected chi connectivity index (χ1v) is 7.71. The first-order valence-electron chi connectivity index (χ1n) is 7.71. The summed E-state index contributed by atoms with van der Waals surface area (Å²) < 4.78 is 3.58. The van der Waals surface area contributed by atoms with Gasteiger partial charge in [0.1, 0.15) is 5.65 Å². The number of piperidine rings is 1. The lowest BCUT2D eigenvalue weighted by atomic mass is 10.1. The number of nitrogens with zero attached hydrogens (tertiary/aromatic N) is 3. The van der Waals surface area contributed by atoms with Crippen LogP contribution in [0.4, 0.5) is 0 Å². The predicted molar refractivity (Wildman–Crippen MR) is 81.8 cm³/mol. The average Bonchev–Trinajstić information content (AvgIpc) is 2.88. The molecule has 5 nitrogen and oxygen atoms in total. The van der Waals surface area contributed by atoms with Gasteiger partial charge in [0.25, 0.3) is 11.1 Å². The summed E-state index contributed by atoms with van der Waals surface area (Å²) >= 11 is 0. The second kappa shape index (κ2) is 4.84. The van der Waals surface area contributed by atoms with Crippen LogP contribution < -0.4 is 11.1 Å². The van der Waals surface area contributed by atoms with Gasteiger partial charge in [0, 0.05) is 30.6 Å². The molecule has 1 fully saturated rings. The number of hydrogen-bond donors (Lipinski definition) is 0. The van der Waals surface area contributed by atoms with E-state index in [0.29, 0.717) is 6.54 Å². The van der Waals surface area contributed by atoms with E-state index in [0.717, 1.165) is 30.7 Å². The third kappa shape index (κ3) is 2.03. The Morgan fingerprint density at radius 1 is 0.952 bits per heavy atom. The molecular weight excluding hydrogens is 266 g/mol. The molecule has 5 heteroatoms. The van der Waals surface area contributed by atoms with Crippen LogP contribution in [-0.4, -0.2) is 33.7 Å². The topological polar surface area (TPSA) is 47.2 Å². The summed E-state index contributed by atoms with van der Waals surface area (Å²) in [6.07, 6.45) is 3.77. The highest BCUT2D eigenvalue weighted by atomic mass is 16.1. The maximum Gasteiger partial charge on any atom is 0.252 e. The summed E-state index contributed by atoms with van der Waals surface area (Å²) in [6.45, 7) is 3.69. The summed E-state index contributed by atoms with van der Waals surface area (Å²) in [5.74, 6) is 0. The molecule has 0 amide bonds. The van der Waals surface area contributed by atoms with Crippen molar-refractivity contribution < 1.29 is 0 Å². The van der Waals surface area contributed by atoms with Crippen LogP contribution in [0.25, 0.3) is 11.0 Å². The standard InChI is InChI=1S/C16H19N3O2/c20-14-6-4-12-5-7-15(21)19-13(11-18(14)16(12)19)10-17-8-2-1-3-9-17/h4-7,13H,1-3,8-11H2. The molecule has 0 saturated carbocycles. The van der Waals surface area contributed by atoms with Crippen LogP contribution in [0, 0.1) is 0 Å². The number of rotatable bonds is 2. The van der Waals surface area contributed by atoms with Crippen LogP contribution in [0.3, 0.4) is 0 Å². The Bertz CT molecular complexity index is 794. The lowest BCUT2D eigenvalue weighted by Crippen LogP contribution is -2.37. The molecule has 0 N–H and O–H groups in total. The quantitative estimate of drug-likeness (QED) is 0.833. The Kier molecular flexibility index (Phi) is 2.96. The van der Waals surface area contributed by atoms with Gasteiger partial charge < -0.3 is 4.90 Å². The zero-order chi connectivity index (χ0) is 14.4. The summed E-state index contributed by atoms with van der Waals surface area (Å²) in [7, 11) is 0. The smallest absolute Gasteiger partial charge is 0.252 e. The SMILES string of the molecule is O=c1ccc2ccc(=O)n3c2n1CC3CN1CCCCC1. The first-order chi connectivity index (χ1) is 10.2. The molecule has 0 bridgehead atoms. The first kappa shape index (κ1) is 12.8. The van der Waals surface area contributed by atoms with E-state index in [9.17, 15) is 9.59 Å². The molecule has 0 spiro atoms. The van der Waals surface area contributed by atoms with Crippen molar-refractivity contribution in [2.24, 2.45) is 0 Å². The molecule has 0 radical (unpaired) electrons. The van der Waals surface area contributed by atoms with Crippen molar-refractivity contribution in [3.8, 4) is 0 Å². The van der Waals surface area contributed by atoms with Gasteiger partial charge in [0.2, 0.25) is 0 Å². The van der Waals surface area contributed by atoms with Gasteiger partial charge in [-0.15, -0.1) is 0 Å². The van der Waals surface area contributed by atoms with E-state index >= 15 is 0 Å². The van der Waals surface area contributed by atoms with E-state index in [4.69, 9.17) is 0 Å². The lowest BCUT2D eigenvalue weighted by molar-refractivity contribution is 0.195. The van der Waals surface area contributed by atoms with Crippen LogP contribution in [-0.2, 0) is 6.54 Å². The molecule has 1 unspecified atom stereocenters. The summed E-state index contributed by atoms with van der Waals surface area (Å²) in [5, 5.41) is 0.968. The fourth-order valence-electron chi connectivity index (χ4n) is 3.73. The summed E-state index contributed by atoms with van der Waals surface area (Å²) in [4.78, 5) is 26.8. The van der Waals surface area contributed by atoms with Gasteiger partial charge in [-0.2, -0.15) is 0 Å². The highest BCUT2D eigenvalue weighted by molar-refractivity contribution is 5.76. The molecule has 21 heavy (non-hydrogen) atoms. The molecule has 4 heterocycles. The van der Waals surface area contributed by atoms with Crippen molar-refractivity contribution >= 4 is 11.0 Å². The van der Waals surface area contributed by atoms with Crippen LogP contribution in [0.2, 0.25) is 0 Å². The number of pyridine rings is 2. The highest BCUT2D eigenvalue weighted by Crippen LogP contribution is 2.24. The molecule has 4 rings (SSSR count). The Morgan fingerprint density at radius 2 is 1.67 bits per heavy atom. The Hall–Kier alpha value is -1.88. The third-order valence-electron chi connectivity index (χ3n) is 4.73. The Morgan fingerprint density at radius 3 is 2.43 bits per heavy atom. The van der Waals surface area contributed by atoms with E-state index in [1.54, 1.807) is 16.7 Å². The molecule has 2 aromatic rings. The monoisotopic (exact) mass is 285 g/mol. The second-order valence-corrected chi connectivity index (χ2v) is 6.12. The lowest BCUT2D eigenvalue weighted by Gasteiger charge is -2.29. The van der Waals surface area contributed by atoms with E-state index in [-0.39, 0.29) is 17.2 Å². The molecule has 2 aliphatic heterocycles. The fourth-order valence-corrected chi connectivity index (χ4v) is 3.73. The van der Waals surface area contributed by atoms with E-state index in [1.165, 1.54) is 19.3 Å². The maximum absolute atomic E-state index is 12.3. The largest absolute Gasteiger partial charge is 0.301 e. The van der Waals surface area contributed by atoms with Gasteiger partial charge in [0.15, 0.2) is 0 Å². The molecule has 2 aliphatic rings. The molecule has 0 aromatic carbocycles. The summed E-state index contributed by atoms with van der Waals surface area (Å²) in [6, 6.07) is 6.92. The minimum Gasteiger partial charge on any atom is -0.301 e. The number of likely N-dealkylation sites (tertiary alicyclic amines) is 1. The zero-order valence-corrected chi connectivity index (χ0v) is 12.0. The highest BCUT2D eigenvalue weighted by Gasteiger charge is 2.27. The van der Waals surface area contributed by atoms with E-state index in [1.807, 2.05) is 16.7 Å². The molecular formula is C16H19N3O2. The average molecular weight is 285 g/mol. The normalized spacial score (nSPS) is 22.0. The van der Waals surface area contributed by atoms with Crippen molar-refractivity contribution in [3.63, 3.8) is 0 Å². The van der Waals surface area contributed by atoms with Crippen molar-refractivity contribution in [1.29, 1.82) is 0 Å². The van der Waals surface area contributed by atoms with Gasteiger partial charge in [0.05, 0.1) is 6.04 Å². The molecule has 110 valence electrons. The van der Waals surface area contributed by atoms with Crippen molar-refractivity contribution in [2.45, 2.75) is 31.8 Å². The van der Waals surface area contributed by atoms with Gasteiger partial charge in [-0.25, -0.2) is 0 Å². The van der Waals surface area contributed by atoms with Gasteiger partial charge >= 0.3 is 0 Å². The molecule has 0 aliphatic carbocycles. The van der Waals surface area contributed by atoms with Crippen molar-refractivity contribution in [1.82, 2.24) is 14.0 Å². The van der Waals surface area contributed by atoms with Crippen LogP contribution >= 0.6 is 0 Å². The zero-order valence-electron chi connectivity index (χ0n) is 12.0. The van der Waals surface area contributed by atoms with Crippen LogP contribution in [0.5, 0.6) is 0 Å². The van der Waals surface area contributed by atoms with E-state index < -0.39 is 0 Å². The second-order valence-electron chi connectivity index (χ2n) is 6.12. The van der Waals surface area contributed by atoms with Crippen LogP contribution in [0.15, 0.2) is 33.9 Å². The maximum atomic E-state index is 12.3. The number of hydrogen-bond acceptors (Lipinski definition) is 3. The molecule has 1 atom stereocenters. The number of aromatic nitrogens is 2. The summed E-state index contributed by atoms with van der Waals surface area (Å²) in [5.41, 5.74) is 0.779. The van der Waals surface area contributed by atoms with Crippen LogP contribution in [0.1, 0.15) is 25.3 Å². The fraction of sp³-hybridized carbons (Fsp3) is 0.500. The van der Waals surface area contributed by atoms with Gasteiger partial charge in [-0.1, -0.05) is 6.42 Å². The predicted octanol–water partition coefficient (Wildman–Crippen LogP) is 1.20. The van der Waals surface area contributed by atoms with Crippen molar-refractivity contribution in [3.05, 3.63) is 45.0 Å². The van der Waals surface area contributed by atoms with E-state index in [2.05, 4.69) is 4.90 Å². The Balaban J connectivity index is 1.78. The minimum atomic E-state index is -0.0111.